The highest BCUT2D eigenvalue weighted by Crippen LogP contribution is 2.41. The third kappa shape index (κ3) is 3.90. The van der Waals surface area contributed by atoms with Crippen molar-refractivity contribution in [3.63, 3.8) is 0 Å². The van der Waals surface area contributed by atoms with Crippen molar-refractivity contribution in [3.8, 4) is 11.5 Å². The van der Waals surface area contributed by atoms with Gasteiger partial charge in [-0.25, -0.2) is 4.98 Å². The third-order valence-electron chi connectivity index (χ3n) is 5.77. The number of para-hydroxylation sites is 1. The van der Waals surface area contributed by atoms with Crippen molar-refractivity contribution in [2.75, 3.05) is 30.8 Å². The van der Waals surface area contributed by atoms with E-state index < -0.39 is 37.9 Å². The van der Waals surface area contributed by atoms with Gasteiger partial charge in [-0.2, -0.15) is 0 Å². The summed E-state index contributed by atoms with van der Waals surface area (Å²) in [5, 5.41) is 3.24. The van der Waals surface area contributed by atoms with Crippen molar-refractivity contribution in [2.24, 2.45) is 0 Å². The van der Waals surface area contributed by atoms with Gasteiger partial charge in [0.2, 0.25) is 0 Å². The first-order chi connectivity index (χ1) is 19.2. The molecular formula is C26H23ClN4O4. The summed E-state index contributed by atoms with van der Waals surface area (Å²) < 4.78 is 56.9. The number of carbonyl (C=O) groups is 2. The minimum absolute atomic E-state index is 0.0899. The van der Waals surface area contributed by atoms with E-state index in [1.807, 2.05) is 18.2 Å². The summed E-state index contributed by atoms with van der Waals surface area (Å²) in [6.45, 7) is -2.31. The number of aromatic nitrogens is 2. The van der Waals surface area contributed by atoms with E-state index in [-0.39, 0.29) is 38.6 Å². The molecular weight excluding hydrogens is 468 g/mol. The normalized spacial score (nSPS) is 20.5. The number of ketones is 1. The number of nitrogens with zero attached hydrogens (tertiary/aromatic N) is 2. The van der Waals surface area contributed by atoms with Crippen LogP contribution in [0.25, 0.3) is 11.0 Å². The summed E-state index contributed by atoms with van der Waals surface area (Å²) in [6, 6.07) is 13.6. The number of benzene rings is 2. The van der Waals surface area contributed by atoms with E-state index in [1.54, 1.807) is 18.2 Å². The standard InChI is InChI=1S/C26H23ClN4O4/c1-26(14-34-3)25(33)31(2)20-13-29-24-21(22(20)30-26)18(12-28-24)23(32)17-10-9-16(11-19(17)27)35-15-7-5-4-6-8-15/h4-13,30H,14H2,1-3H3,(H,28,29)/t26-/m0/s1/i2D3,3D3. The Kier molecular flexibility index (Phi) is 4.16. The summed E-state index contributed by atoms with van der Waals surface area (Å²) in [6.07, 6.45) is 2.59. The number of amides is 1. The van der Waals surface area contributed by atoms with Crippen LogP contribution in [0, 0.1) is 0 Å². The van der Waals surface area contributed by atoms with Crippen LogP contribution in [0.4, 0.5) is 11.4 Å². The van der Waals surface area contributed by atoms with Crippen LogP contribution in [0.3, 0.4) is 0 Å². The van der Waals surface area contributed by atoms with E-state index in [2.05, 4.69) is 15.3 Å². The molecule has 0 unspecified atom stereocenters. The number of nitrogens with one attached hydrogen (secondary N) is 2. The molecule has 4 aromatic rings. The SMILES string of the molecule is [2H]C([2H])([2H])OC[C@]1(C)Nc2c(cnc3[nH]cc(C(=O)c4ccc(Oc5ccccc5)cc4Cl)c23)N(C([2H])([2H])[2H])C1=O. The Morgan fingerprint density at radius 2 is 2.03 bits per heavy atom. The Morgan fingerprint density at radius 1 is 1.20 bits per heavy atom. The first kappa shape index (κ1) is 16.7. The number of rotatable bonds is 6. The molecule has 35 heavy (non-hydrogen) atoms. The number of methoxy groups -OCH3 is 1. The van der Waals surface area contributed by atoms with Crippen molar-refractivity contribution in [2.45, 2.75) is 12.5 Å². The molecule has 1 aliphatic rings. The molecule has 0 aliphatic carbocycles. The number of carbonyl (C=O) groups excluding carboxylic acids is 2. The first-order valence-electron chi connectivity index (χ1n) is 13.5. The summed E-state index contributed by atoms with van der Waals surface area (Å²) in [7, 11) is -2.84. The van der Waals surface area contributed by atoms with Crippen LogP contribution in [0.5, 0.6) is 11.5 Å². The lowest BCUT2D eigenvalue weighted by atomic mass is 9.95. The zero-order chi connectivity index (χ0) is 29.7. The van der Waals surface area contributed by atoms with Crippen LogP contribution < -0.4 is 15.0 Å². The fraction of sp³-hybridized carbons (Fsp3) is 0.192. The Bertz CT molecular complexity index is 1660. The molecule has 0 saturated carbocycles. The molecule has 2 aromatic heterocycles. The summed E-state index contributed by atoms with van der Waals surface area (Å²) in [5.74, 6) is -0.464. The molecule has 1 amide bonds. The molecule has 0 fully saturated rings. The second kappa shape index (κ2) is 8.72. The Labute approximate surface area is 215 Å². The maximum atomic E-state index is 13.8. The summed E-state index contributed by atoms with van der Waals surface area (Å²) >= 11 is 6.49. The van der Waals surface area contributed by atoms with Gasteiger partial charge < -0.3 is 24.7 Å². The number of H-pyrrole nitrogens is 1. The van der Waals surface area contributed by atoms with Crippen molar-refractivity contribution in [1.29, 1.82) is 0 Å². The minimum Gasteiger partial charge on any atom is -0.457 e. The second-order valence-corrected chi connectivity index (χ2v) is 8.62. The number of aromatic amines is 1. The Hall–Kier alpha value is -3.88. The van der Waals surface area contributed by atoms with E-state index >= 15 is 0 Å². The van der Waals surface area contributed by atoms with Crippen molar-refractivity contribution in [3.05, 3.63) is 77.1 Å². The van der Waals surface area contributed by atoms with E-state index in [0.29, 0.717) is 16.4 Å². The molecule has 0 radical (unpaired) electrons. The molecule has 1 aliphatic heterocycles. The number of hydrogen-bond donors (Lipinski definition) is 2. The molecule has 178 valence electrons. The van der Waals surface area contributed by atoms with Gasteiger partial charge in [-0.05, 0) is 31.2 Å². The monoisotopic (exact) mass is 496 g/mol. The molecule has 3 heterocycles. The summed E-state index contributed by atoms with van der Waals surface area (Å²) in [4.78, 5) is 34.9. The van der Waals surface area contributed by atoms with E-state index in [0.717, 1.165) is 0 Å². The Balaban J connectivity index is 1.58. The highest BCUT2D eigenvalue weighted by atomic mass is 35.5. The topological polar surface area (TPSA) is 96.5 Å². The number of ether oxygens (including phenoxy) is 2. The maximum absolute atomic E-state index is 13.8. The van der Waals surface area contributed by atoms with Gasteiger partial charge in [0, 0.05) is 36.0 Å². The minimum atomic E-state index is -2.96. The van der Waals surface area contributed by atoms with Crippen molar-refractivity contribution in [1.82, 2.24) is 9.97 Å². The molecule has 0 spiro atoms. The predicted molar refractivity (Wildman–Crippen MR) is 135 cm³/mol. The highest BCUT2D eigenvalue weighted by Gasteiger charge is 2.42. The van der Waals surface area contributed by atoms with Crippen LogP contribution in [-0.4, -0.2) is 47.8 Å². The van der Waals surface area contributed by atoms with Crippen LogP contribution in [0.15, 0.2) is 60.9 Å². The number of fused-ring (bicyclic) bond motifs is 3. The number of hydrogen-bond acceptors (Lipinski definition) is 6. The smallest absolute Gasteiger partial charge is 0.254 e. The van der Waals surface area contributed by atoms with Gasteiger partial charge in [-0.3, -0.25) is 9.59 Å². The average Bonchev–Trinajstić information content (AvgIpc) is 3.32. The zero-order valence-electron chi connectivity index (χ0n) is 24.4. The van der Waals surface area contributed by atoms with Gasteiger partial charge in [-0.1, -0.05) is 29.8 Å². The van der Waals surface area contributed by atoms with Crippen molar-refractivity contribution < 1.29 is 27.3 Å². The molecule has 9 heteroatoms. The lowest BCUT2D eigenvalue weighted by Gasteiger charge is -2.40. The average molecular weight is 497 g/mol. The van der Waals surface area contributed by atoms with Crippen LogP contribution >= 0.6 is 11.6 Å². The van der Waals surface area contributed by atoms with E-state index in [4.69, 9.17) is 29.3 Å². The van der Waals surface area contributed by atoms with E-state index in [1.165, 1.54) is 31.5 Å². The zero-order valence-corrected chi connectivity index (χ0v) is 19.1. The summed E-state index contributed by atoms with van der Waals surface area (Å²) in [5.41, 5.74) is -1.38. The van der Waals surface area contributed by atoms with Gasteiger partial charge in [0.05, 0.1) is 44.3 Å². The van der Waals surface area contributed by atoms with E-state index in [9.17, 15) is 9.59 Å². The van der Waals surface area contributed by atoms with Crippen LogP contribution in [-0.2, 0) is 9.53 Å². The number of anilines is 2. The third-order valence-corrected chi connectivity index (χ3v) is 6.08. The molecule has 8 nitrogen and oxygen atoms in total. The fourth-order valence-corrected chi connectivity index (χ4v) is 4.26. The molecule has 0 saturated heterocycles. The molecule has 1 atom stereocenters. The first-order valence-corrected chi connectivity index (χ1v) is 10.9. The number of likely N-dealkylation sites (N-methyl/N-ethyl adjacent to an activating group) is 1. The van der Waals surface area contributed by atoms with Gasteiger partial charge in [-0.15, -0.1) is 0 Å². The van der Waals surface area contributed by atoms with Crippen molar-refractivity contribution >= 4 is 45.7 Å². The van der Waals surface area contributed by atoms with Gasteiger partial charge in [0.25, 0.3) is 5.91 Å². The largest absolute Gasteiger partial charge is 0.457 e. The molecule has 2 N–H and O–H groups in total. The highest BCUT2D eigenvalue weighted by molar-refractivity contribution is 6.36. The quantitative estimate of drug-likeness (QED) is 0.363. The lowest BCUT2D eigenvalue weighted by Crippen LogP contribution is -2.57. The number of halogens is 1. The maximum Gasteiger partial charge on any atom is 0.254 e. The lowest BCUT2D eigenvalue weighted by molar-refractivity contribution is -0.124. The fourth-order valence-electron chi connectivity index (χ4n) is 4.00. The molecule has 5 rings (SSSR count). The number of pyridine rings is 1. The second-order valence-electron chi connectivity index (χ2n) is 8.22. The molecule has 0 bridgehead atoms. The van der Waals surface area contributed by atoms with Gasteiger partial charge >= 0.3 is 0 Å². The predicted octanol–water partition coefficient (Wildman–Crippen LogP) is 5.03. The van der Waals surface area contributed by atoms with Gasteiger partial charge in [0.1, 0.15) is 22.7 Å². The van der Waals surface area contributed by atoms with Crippen LogP contribution in [0.2, 0.25) is 5.02 Å². The van der Waals surface area contributed by atoms with Gasteiger partial charge in [0.15, 0.2) is 5.78 Å². The molecule has 2 aromatic carbocycles. The Morgan fingerprint density at radius 3 is 2.77 bits per heavy atom. The van der Waals surface area contributed by atoms with Crippen LogP contribution in [0.1, 0.15) is 31.1 Å².